The molecule has 1 aromatic heterocycles. The van der Waals surface area contributed by atoms with Crippen molar-refractivity contribution in [2.24, 2.45) is 0 Å². The molecule has 2 aliphatic rings. The van der Waals surface area contributed by atoms with Gasteiger partial charge < -0.3 is 25.0 Å². The SMILES string of the molecule is O=C(NCc1csc(N2CCCC2)n1)Nc1ccc2c(c1)OCO2. The molecule has 0 saturated carbocycles. The molecule has 0 unspecified atom stereocenters. The van der Waals surface area contributed by atoms with E-state index in [4.69, 9.17) is 9.47 Å². The summed E-state index contributed by atoms with van der Waals surface area (Å²) in [5, 5.41) is 8.64. The largest absolute Gasteiger partial charge is 0.454 e. The predicted octanol–water partition coefficient (Wildman–Crippen LogP) is 2.79. The number of benzene rings is 1. The van der Waals surface area contributed by atoms with Crippen LogP contribution in [-0.4, -0.2) is 30.9 Å². The van der Waals surface area contributed by atoms with Crippen LogP contribution in [0.25, 0.3) is 0 Å². The van der Waals surface area contributed by atoms with Crippen LogP contribution in [0.4, 0.5) is 15.6 Å². The second-order valence-electron chi connectivity index (χ2n) is 5.69. The standard InChI is InChI=1S/C16H18N4O3S/c21-15(18-11-3-4-13-14(7-11)23-10-22-13)17-8-12-9-24-16(19-12)20-5-1-2-6-20/h3-4,7,9H,1-2,5-6,8,10H2,(H2,17,18,21). The van der Waals surface area contributed by atoms with Crippen molar-refractivity contribution >= 4 is 28.2 Å². The number of amides is 2. The highest BCUT2D eigenvalue weighted by molar-refractivity contribution is 7.13. The lowest BCUT2D eigenvalue weighted by atomic mass is 10.3. The quantitative estimate of drug-likeness (QED) is 0.890. The van der Waals surface area contributed by atoms with Gasteiger partial charge in [-0.25, -0.2) is 9.78 Å². The minimum Gasteiger partial charge on any atom is -0.454 e. The number of hydrogen-bond donors (Lipinski definition) is 2. The lowest BCUT2D eigenvalue weighted by Crippen LogP contribution is -2.28. The number of rotatable bonds is 4. The third-order valence-electron chi connectivity index (χ3n) is 3.98. The number of aromatic nitrogens is 1. The Balaban J connectivity index is 1.30. The molecule has 3 heterocycles. The van der Waals surface area contributed by atoms with Gasteiger partial charge >= 0.3 is 6.03 Å². The van der Waals surface area contributed by atoms with Gasteiger partial charge in [0, 0.05) is 30.2 Å². The molecular weight excluding hydrogens is 328 g/mol. The van der Waals surface area contributed by atoms with Crippen molar-refractivity contribution in [3.05, 3.63) is 29.3 Å². The highest BCUT2D eigenvalue weighted by Gasteiger charge is 2.16. The molecule has 2 amide bonds. The van der Waals surface area contributed by atoms with Crippen molar-refractivity contribution in [2.75, 3.05) is 30.1 Å². The molecule has 1 aromatic carbocycles. The molecule has 2 aromatic rings. The average Bonchev–Trinajstić information content (AvgIpc) is 3.32. The normalized spacial score (nSPS) is 15.6. The van der Waals surface area contributed by atoms with E-state index in [9.17, 15) is 4.79 Å². The molecule has 0 bridgehead atoms. The average molecular weight is 346 g/mol. The fraction of sp³-hybridized carbons (Fsp3) is 0.375. The van der Waals surface area contributed by atoms with Gasteiger partial charge in [-0.1, -0.05) is 0 Å². The summed E-state index contributed by atoms with van der Waals surface area (Å²) in [6, 6.07) is 5.03. The van der Waals surface area contributed by atoms with Gasteiger partial charge in [-0.2, -0.15) is 0 Å². The Morgan fingerprint density at radius 3 is 2.96 bits per heavy atom. The smallest absolute Gasteiger partial charge is 0.319 e. The van der Waals surface area contributed by atoms with E-state index >= 15 is 0 Å². The number of nitrogens with zero attached hydrogens (tertiary/aromatic N) is 2. The minimum atomic E-state index is -0.274. The zero-order valence-corrected chi connectivity index (χ0v) is 13.9. The highest BCUT2D eigenvalue weighted by Crippen LogP contribution is 2.34. The number of hydrogen-bond acceptors (Lipinski definition) is 6. The molecule has 0 spiro atoms. The van der Waals surface area contributed by atoms with Crippen molar-refractivity contribution in [1.29, 1.82) is 0 Å². The van der Waals surface area contributed by atoms with Crippen LogP contribution >= 0.6 is 11.3 Å². The Morgan fingerprint density at radius 2 is 2.08 bits per heavy atom. The molecule has 0 atom stereocenters. The summed E-state index contributed by atoms with van der Waals surface area (Å²) in [7, 11) is 0. The second-order valence-corrected chi connectivity index (χ2v) is 6.53. The summed E-state index contributed by atoms with van der Waals surface area (Å²) in [4.78, 5) is 18.9. The second kappa shape index (κ2) is 6.56. The Hall–Kier alpha value is -2.48. The van der Waals surface area contributed by atoms with E-state index in [-0.39, 0.29) is 12.8 Å². The number of fused-ring (bicyclic) bond motifs is 1. The van der Waals surface area contributed by atoms with Crippen LogP contribution in [0.5, 0.6) is 11.5 Å². The summed E-state index contributed by atoms with van der Waals surface area (Å²) in [5.41, 5.74) is 1.54. The molecule has 24 heavy (non-hydrogen) atoms. The van der Waals surface area contributed by atoms with Crippen LogP contribution in [0, 0.1) is 0 Å². The van der Waals surface area contributed by atoms with Crippen molar-refractivity contribution in [3.8, 4) is 11.5 Å². The molecule has 2 aliphatic heterocycles. The summed E-state index contributed by atoms with van der Waals surface area (Å²) in [6.45, 7) is 2.77. The lowest BCUT2D eigenvalue weighted by molar-refractivity contribution is 0.174. The lowest BCUT2D eigenvalue weighted by Gasteiger charge is -2.12. The highest BCUT2D eigenvalue weighted by atomic mass is 32.1. The molecule has 126 valence electrons. The van der Waals surface area contributed by atoms with Crippen molar-refractivity contribution < 1.29 is 14.3 Å². The van der Waals surface area contributed by atoms with E-state index in [1.165, 1.54) is 12.8 Å². The number of ether oxygens (including phenoxy) is 2. The Kier molecular flexibility index (Phi) is 4.12. The van der Waals surface area contributed by atoms with E-state index in [0.717, 1.165) is 23.9 Å². The van der Waals surface area contributed by atoms with Crippen LogP contribution in [0.1, 0.15) is 18.5 Å². The van der Waals surface area contributed by atoms with Gasteiger partial charge in [0.2, 0.25) is 6.79 Å². The van der Waals surface area contributed by atoms with Gasteiger partial charge in [-0.3, -0.25) is 0 Å². The molecule has 7 nitrogen and oxygen atoms in total. The van der Waals surface area contributed by atoms with Crippen LogP contribution in [0.15, 0.2) is 23.6 Å². The molecule has 1 saturated heterocycles. The number of urea groups is 1. The summed E-state index contributed by atoms with van der Waals surface area (Å²) in [5.74, 6) is 1.33. The molecule has 0 radical (unpaired) electrons. The zero-order chi connectivity index (χ0) is 16.4. The van der Waals surface area contributed by atoms with Crippen molar-refractivity contribution in [2.45, 2.75) is 19.4 Å². The number of thiazole rings is 1. The van der Waals surface area contributed by atoms with Crippen LogP contribution in [-0.2, 0) is 6.54 Å². The predicted molar refractivity (Wildman–Crippen MR) is 92.0 cm³/mol. The maximum absolute atomic E-state index is 12.0. The van der Waals surface area contributed by atoms with Gasteiger partial charge in [-0.15, -0.1) is 11.3 Å². The van der Waals surface area contributed by atoms with E-state index in [1.54, 1.807) is 29.5 Å². The number of nitrogens with one attached hydrogen (secondary N) is 2. The number of carbonyl (C=O) groups is 1. The van der Waals surface area contributed by atoms with Gasteiger partial charge in [-0.05, 0) is 25.0 Å². The number of carbonyl (C=O) groups excluding carboxylic acids is 1. The van der Waals surface area contributed by atoms with Gasteiger partial charge in [0.1, 0.15) is 0 Å². The Labute approximate surface area is 143 Å². The van der Waals surface area contributed by atoms with Crippen LogP contribution in [0.3, 0.4) is 0 Å². The molecule has 2 N–H and O–H groups in total. The maximum Gasteiger partial charge on any atom is 0.319 e. The van der Waals surface area contributed by atoms with Gasteiger partial charge in [0.15, 0.2) is 16.6 Å². The Morgan fingerprint density at radius 1 is 1.25 bits per heavy atom. The van der Waals surface area contributed by atoms with E-state index in [0.29, 0.717) is 23.7 Å². The third-order valence-corrected chi connectivity index (χ3v) is 4.93. The van der Waals surface area contributed by atoms with Crippen LogP contribution in [0.2, 0.25) is 0 Å². The van der Waals surface area contributed by atoms with E-state index in [2.05, 4.69) is 20.5 Å². The number of anilines is 2. The van der Waals surface area contributed by atoms with Gasteiger partial charge in [0.05, 0.1) is 12.2 Å². The first kappa shape index (κ1) is 15.1. The molecule has 8 heteroatoms. The van der Waals surface area contributed by atoms with E-state index < -0.39 is 0 Å². The molecule has 0 aliphatic carbocycles. The fourth-order valence-corrected chi connectivity index (χ4v) is 3.63. The third kappa shape index (κ3) is 3.23. The molecular formula is C16H18N4O3S. The topological polar surface area (TPSA) is 75.7 Å². The zero-order valence-electron chi connectivity index (χ0n) is 13.1. The van der Waals surface area contributed by atoms with Crippen molar-refractivity contribution in [1.82, 2.24) is 10.3 Å². The Bertz CT molecular complexity index is 743. The first-order valence-corrected chi connectivity index (χ1v) is 8.80. The van der Waals surface area contributed by atoms with Crippen molar-refractivity contribution in [3.63, 3.8) is 0 Å². The van der Waals surface area contributed by atoms with Gasteiger partial charge in [0.25, 0.3) is 0 Å². The summed E-state index contributed by atoms with van der Waals surface area (Å²) in [6.07, 6.45) is 2.45. The molecule has 1 fully saturated rings. The monoisotopic (exact) mass is 346 g/mol. The summed E-state index contributed by atoms with van der Waals surface area (Å²) >= 11 is 1.63. The fourth-order valence-electron chi connectivity index (χ4n) is 2.75. The van der Waals surface area contributed by atoms with Crippen LogP contribution < -0.4 is 25.0 Å². The van der Waals surface area contributed by atoms with E-state index in [1.807, 2.05) is 5.38 Å². The first-order valence-electron chi connectivity index (χ1n) is 7.92. The molecule has 4 rings (SSSR count). The summed E-state index contributed by atoms with van der Waals surface area (Å²) < 4.78 is 10.5. The minimum absolute atomic E-state index is 0.216. The maximum atomic E-state index is 12.0. The first-order chi connectivity index (χ1) is 11.8.